The van der Waals surface area contributed by atoms with Gasteiger partial charge in [-0.05, 0) is 12.8 Å². The fourth-order valence-electron chi connectivity index (χ4n) is 1.55. The van der Waals surface area contributed by atoms with Crippen molar-refractivity contribution in [3.63, 3.8) is 0 Å². The molecular weight excluding hydrogens is 277 g/mol. The molecule has 0 unspecified atom stereocenters. The van der Waals surface area contributed by atoms with Crippen LogP contribution in [-0.2, 0) is 19.5 Å². The van der Waals surface area contributed by atoms with Crippen molar-refractivity contribution in [2.75, 3.05) is 6.50 Å². The zero-order valence-corrected chi connectivity index (χ0v) is 12.0. The molecule has 0 aromatic heterocycles. The van der Waals surface area contributed by atoms with Crippen LogP contribution in [0.5, 0.6) is 0 Å². The Labute approximate surface area is 131 Å². The molecule has 2 heterocycles. The Bertz CT molecular complexity index is 615. The zero-order chi connectivity index (χ0) is 16.4. The van der Waals surface area contributed by atoms with Gasteiger partial charge in [-0.3, -0.25) is 4.79 Å². The van der Waals surface area contributed by atoms with Crippen molar-refractivity contribution >= 4 is 22.3 Å². The number of carbonyl (C=O) groups is 2. The minimum absolute atomic E-state index is 0. The zero-order valence-electron chi connectivity index (χ0n) is 13.2. The molecule has 2 aliphatic heterocycles. The molecule has 2 aliphatic rings. The molecule has 0 aromatic carbocycles. The molecule has 2 N–H and O–H groups in total. The summed E-state index contributed by atoms with van der Waals surface area (Å²) in [5.74, 6) is -1.30. The number of fused-ring (bicyclic) bond motifs is 2. The van der Waals surface area contributed by atoms with Gasteiger partial charge in [0.25, 0.3) is 0 Å². The number of hydroxylamine groups is 2. The van der Waals surface area contributed by atoms with E-state index in [0.717, 1.165) is 0 Å². The monoisotopic (exact) mass is 291 g/mol. The summed E-state index contributed by atoms with van der Waals surface area (Å²) in [7, 11) is -5.38. The number of rotatable bonds is 3. The summed E-state index contributed by atoms with van der Waals surface area (Å²) in [5, 5.41) is -0.0664. The number of hydrogen-bond acceptors (Lipinski definition) is 6. The summed E-state index contributed by atoms with van der Waals surface area (Å²) in [4.78, 5) is 23.5. The molecule has 11 heteroatoms. The van der Waals surface area contributed by atoms with Crippen molar-refractivity contribution < 1.29 is 61.9 Å². The first-order valence-corrected chi connectivity index (χ1v) is 5.69. The largest absolute Gasteiger partial charge is 1.00 e. The molecule has 9 nitrogen and oxygen atoms in total. The van der Waals surface area contributed by atoms with E-state index in [0.29, 0.717) is 0 Å². The number of piperidine rings is 1. The summed E-state index contributed by atoms with van der Waals surface area (Å²) in [6, 6.07) is -5.15. The van der Waals surface area contributed by atoms with Crippen molar-refractivity contribution in [3.8, 4) is 0 Å². The van der Waals surface area contributed by atoms with Crippen LogP contribution >= 0.6 is 0 Å². The predicted molar refractivity (Wildman–Crippen MR) is 50.7 cm³/mol. The van der Waals surface area contributed by atoms with Gasteiger partial charge in [0.05, 0.1) is 8.78 Å². The predicted octanol–water partition coefficient (Wildman–Crippen LogP) is -4.86. The van der Waals surface area contributed by atoms with Gasteiger partial charge in [-0.25, -0.2) is 13.2 Å². The fraction of sp³-hybridized carbons (Fsp3) is 0.714. The normalized spacial score (nSPS) is 35.9. The van der Waals surface area contributed by atoms with Crippen molar-refractivity contribution in [3.05, 3.63) is 0 Å². The Morgan fingerprint density at radius 3 is 2.72 bits per heavy atom. The summed E-state index contributed by atoms with van der Waals surface area (Å²) >= 11 is 0. The average Bonchev–Trinajstić information content (AvgIpc) is 2.38. The van der Waals surface area contributed by atoms with Gasteiger partial charge in [0.2, 0.25) is 16.3 Å². The fourth-order valence-corrected chi connectivity index (χ4v) is 1.91. The minimum atomic E-state index is -5.38. The Hall–Kier alpha value is -0.390. The van der Waals surface area contributed by atoms with Gasteiger partial charge in [0, 0.05) is 9.24 Å². The first kappa shape index (κ1) is 10.4. The van der Waals surface area contributed by atoms with Gasteiger partial charge in [-0.1, -0.05) is 0 Å². The van der Waals surface area contributed by atoms with E-state index in [-0.39, 0.29) is 39.5 Å². The maximum Gasteiger partial charge on any atom is 1.00 e. The van der Waals surface area contributed by atoms with Gasteiger partial charge in [-0.2, -0.15) is 9.35 Å². The maximum atomic E-state index is 12.0. The smallest absolute Gasteiger partial charge is 0.724 e. The maximum absolute atomic E-state index is 12.0. The Morgan fingerprint density at radius 2 is 2.22 bits per heavy atom. The summed E-state index contributed by atoms with van der Waals surface area (Å²) < 4.78 is 66.6. The minimum Gasteiger partial charge on any atom is -0.724 e. The Kier molecular flexibility index (Phi) is 3.07. The third-order valence-electron chi connectivity index (χ3n) is 2.17. The molecule has 0 radical (unpaired) electrons. The van der Waals surface area contributed by atoms with Crippen LogP contribution in [-0.4, -0.2) is 53.5 Å². The van der Waals surface area contributed by atoms with E-state index in [1.165, 1.54) is 0 Å². The summed E-state index contributed by atoms with van der Waals surface area (Å²) in [6.07, 6.45) is -3.19. The Morgan fingerprint density at radius 1 is 1.61 bits per heavy atom. The number of amides is 3. The quantitative estimate of drug-likeness (QED) is 0.315. The number of urea groups is 1. The number of nitrogens with two attached hydrogens (primary N) is 1. The third-order valence-corrected chi connectivity index (χ3v) is 2.51. The summed E-state index contributed by atoms with van der Waals surface area (Å²) in [5.41, 5.74) is 5.00. The second-order valence-corrected chi connectivity index (χ2v) is 4.28. The molecular formula is C7H10N3NaO6S. The van der Waals surface area contributed by atoms with Crippen LogP contribution in [0.15, 0.2) is 0 Å². The molecule has 18 heavy (non-hydrogen) atoms. The van der Waals surface area contributed by atoms with E-state index in [2.05, 4.69) is 4.28 Å². The molecule has 0 saturated carbocycles. The van der Waals surface area contributed by atoms with Gasteiger partial charge >= 0.3 is 35.6 Å². The SMILES string of the molecule is [2H]C1([2H])C[C@H]2N(OS(=O)(=O)[O-])C(=O)N([C@@H]1C(N)=O)C2([2H])[2H].[Na+]. The number of carbonyl (C=O) groups excluding carboxylic acids is 2. The molecule has 0 aromatic rings. The van der Waals surface area contributed by atoms with Gasteiger partial charge in [0.1, 0.15) is 6.04 Å². The van der Waals surface area contributed by atoms with Crippen LogP contribution < -0.4 is 35.3 Å². The van der Waals surface area contributed by atoms with E-state index >= 15 is 0 Å². The molecule has 2 fully saturated rings. The van der Waals surface area contributed by atoms with Crippen LogP contribution in [0.2, 0.25) is 0 Å². The molecule has 2 atom stereocenters. The average molecular weight is 291 g/mol. The summed E-state index contributed by atoms with van der Waals surface area (Å²) in [6.45, 7) is -2.63. The first-order valence-electron chi connectivity index (χ1n) is 6.36. The van der Waals surface area contributed by atoms with Gasteiger partial charge in [0.15, 0.2) is 0 Å². The second-order valence-electron chi connectivity index (χ2n) is 3.32. The molecule has 0 aliphatic carbocycles. The van der Waals surface area contributed by atoms with Crippen LogP contribution in [0.4, 0.5) is 4.79 Å². The van der Waals surface area contributed by atoms with Crippen molar-refractivity contribution in [1.29, 1.82) is 0 Å². The molecule has 3 amide bonds. The number of nitrogens with zero attached hydrogens (tertiary/aromatic N) is 2. The van der Waals surface area contributed by atoms with E-state index in [9.17, 15) is 22.6 Å². The first-order chi connectivity index (χ1) is 9.29. The van der Waals surface area contributed by atoms with Crippen LogP contribution in [0.3, 0.4) is 0 Å². The van der Waals surface area contributed by atoms with E-state index in [1.54, 1.807) is 0 Å². The van der Waals surface area contributed by atoms with E-state index in [4.69, 9.17) is 11.2 Å². The van der Waals surface area contributed by atoms with Gasteiger partial charge in [-0.15, -0.1) is 0 Å². The van der Waals surface area contributed by atoms with Gasteiger partial charge < -0.3 is 15.2 Å². The molecule has 96 valence electrons. The third kappa shape index (κ3) is 2.95. The number of primary amides is 1. The second kappa shape index (κ2) is 5.31. The van der Waals surface area contributed by atoms with E-state index in [1.807, 2.05) is 0 Å². The topological polar surface area (TPSA) is 133 Å². The van der Waals surface area contributed by atoms with Crippen LogP contribution in [0, 0.1) is 0 Å². The molecule has 2 saturated heterocycles. The molecule has 0 spiro atoms. The van der Waals surface area contributed by atoms with Crippen LogP contribution in [0.25, 0.3) is 0 Å². The van der Waals surface area contributed by atoms with Crippen molar-refractivity contribution in [1.82, 2.24) is 9.96 Å². The standard InChI is InChI=1S/C7H11N3O6S.Na/c8-6(11)5-2-1-4-3-9(5)7(12)10(4)16-17(13,14)15;/h4-5H,1-3H2,(H2,8,11)(H,13,14,15);/q;+1/p-1/t4-,5+;/m1./s1/i2D2,3D2;. The molecule has 2 bridgehead atoms. The van der Waals surface area contributed by atoms with Crippen molar-refractivity contribution in [2.45, 2.75) is 24.9 Å². The molecule has 2 rings (SSSR count). The van der Waals surface area contributed by atoms with E-state index < -0.39 is 53.7 Å². The Balaban J connectivity index is 0.00000242. The van der Waals surface area contributed by atoms with Crippen LogP contribution in [0.1, 0.15) is 18.3 Å². The number of hydrogen-bond donors (Lipinski definition) is 1. The van der Waals surface area contributed by atoms with Crippen molar-refractivity contribution in [2.24, 2.45) is 5.73 Å².